The number of carbonyl (C=O) groups excluding carboxylic acids is 1. The number of carbonyl (C=O) groups is 1. The number of aryl methyl sites for hydroxylation is 1. The van der Waals surface area contributed by atoms with Gasteiger partial charge in [-0.05, 0) is 24.0 Å². The van der Waals surface area contributed by atoms with Crippen molar-refractivity contribution in [2.75, 3.05) is 0 Å². The number of hydrogen-bond acceptors (Lipinski definition) is 1. The minimum absolute atomic E-state index is 0.105. The Morgan fingerprint density at radius 1 is 1.64 bits per heavy atom. The van der Waals surface area contributed by atoms with E-state index in [0.717, 1.165) is 5.69 Å². The van der Waals surface area contributed by atoms with Gasteiger partial charge in [-0.1, -0.05) is 0 Å². The van der Waals surface area contributed by atoms with E-state index in [4.69, 9.17) is 0 Å². The summed E-state index contributed by atoms with van der Waals surface area (Å²) in [6.07, 6.45) is 1.89. The molecular weight excluding hydrogens is 138 g/mol. The zero-order valence-corrected chi connectivity index (χ0v) is 6.59. The van der Waals surface area contributed by atoms with E-state index in [1.54, 1.807) is 0 Å². The Labute approximate surface area is 65.8 Å². The fourth-order valence-corrected chi connectivity index (χ4v) is 0.743. The molecule has 1 aromatic heterocycles. The lowest BCUT2D eigenvalue weighted by Crippen LogP contribution is -1.89. The van der Waals surface area contributed by atoms with E-state index >= 15 is 0 Å². The molecule has 0 radical (unpaired) electrons. The molecule has 0 saturated heterocycles. The highest BCUT2D eigenvalue weighted by Gasteiger charge is 1.89. The summed E-state index contributed by atoms with van der Waals surface area (Å²) >= 11 is 0. The predicted molar refractivity (Wildman–Crippen MR) is 43.0 cm³/mol. The molecule has 0 bridgehead atoms. The number of Topliss-reactive ketones (excluding diaryl/α,β-unsaturated/α-hetero) is 1. The average molecular weight is 147 g/mol. The van der Waals surface area contributed by atoms with E-state index in [2.05, 4.69) is 11.8 Å². The lowest BCUT2D eigenvalue weighted by molar-refractivity contribution is -0.111. The molecule has 0 aliphatic rings. The van der Waals surface area contributed by atoms with Crippen molar-refractivity contribution in [1.82, 2.24) is 4.57 Å². The summed E-state index contributed by atoms with van der Waals surface area (Å²) in [7, 11) is 1.89. The first-order chi connectivity index (χ1) is 5.20. The van der Waals surface area contributed by atoms with Gasteiger partial charge in [0.1, 0.15) is 0 Å². The highest BCUT2D eigenvalue weighted by atomic mass is 16.1. The largest absolute Gasteiger partial charge is 0.344 e. The fraction of sp³-hybridized carbons (Fsp3) is 0.222. The molecule has 0 aromatic carbocycles. The minimum atomic E-state index is -0.105. The van der Waals surface area contributed by atoms with E-state index in [1.807, 2.05) is 29.9 Å². The zero-order chi connectivity index (χ0) is 8.27. The SMILES string of the molecule is CC(=O)C#Cc1cccn1C. The van der Waals surface area contributed by atoms with E-state index in [-0.39, 0.29) is 5.78 Å². The van der Waals surface area contributed by atoms with Gasteiger partial charge in [-0.3, -0.25) is 4.79 Å². The van der Waals surface area contributed by atoms with Crippen molar-refractivity contribution in [2.24, 2.45) is 7.05 Å². The molecule has 0 unspecified atom stereocenters. The van der Waals surface area contributed by atoms with Crippen LogP contribution in [0.3, 0.4) is 0 Å². The quantitative estimate of drug-likeness (QED) is 0.501. The van der Waals surface area contributed by atoms with Crippen molar-refractivity contribution in [1.29, 1.82) is 0 Å². The Hall–Kier alpha value is -1.49. The van der Waals surface area contributed by atoms with Gasteiger partial charge in [-0.25, -0.2) is 0 Å². The topological polar surface area (TPSA) is 22.0 Å². The van der Waals surface area contributed by atoms with Gasteiger partial charge in [-0.2, -0.15) is 0 Å². The Balaban J connectivity index is 2.90. The van der Waals surface area contributed by atoms with Crippen LogP contribution in [0.1, 0.15) is 12.6 Å². The number of aromatic nitrogens is 1. The molecule has 2 nitrogen and oxygen atoms in total. The van der Waals surface area contributed by atoms with E-state index in [0.29, 0.717) is 0 Å². The first-order valence-electron chi connectivity index (χ1n) is 3.34. The maximum Gasteiger partial charge on any atom is 0.202 e. The number of nitrogens with zero attached hydrogens (tertiary/aromatic N) is 1. The minimum Gasteiger partial charge on any atom is -0.344 e. The summed E-state index contributed by atoms with van der Waals surface area (Å²) in [6, 6.07) is 3.76. The van der Waals surface area contributed by atoms with Gasteiger partial charge < -0.3 is 4.57 Å². The first kappa shape index (κ1) is 7.62. The maximum absolute atomic E-state index is 10.5. The summed E-state index contributed by atoms with van der Waals surface area (Å²) < 4.78 is 1.87. The normalized spacial score (nSPS) is 8.55. The third kappa shape index (κ3) is 1.98. The van der Waals surface area contributed by atoms with Crippen molar-refractivity contribution in [3.05, 3.63) is 24.0 Å². The summed E-state index contributed by atoms with van der Waals surface area (Å²) in [5.74, 6) is 5.13. The van der Waals surface area contributed by atoms with Crippen LogP contribution in [0.25, 0.3) is 0 Å². The second-order valence-corrected chi connectivity index (χ2v) is 2.31. The molecular formula is C9H9NO. The van der Waals surface area contributed by atoms with Gasteiger partial charge in [0.05, 0.1) is 5.69 Å². The Morgan fingerprint density at radius 2 is 2.36 bits per heavy atom. The van der Waals surface area contributed by atoms with Crippen molar-refractivity contribution < 1.29 is 4.79 Å². The van der Waals surface area contributed by atoms with E-state index < -0.39 is 0 Å². The molecule has 0 spiro atoms. The standard InChI is InChI=1S/C9H9NO/c1-8(11)5-6-9-4-3-7-10(9)2/h3-4,7H,1-2H3. The second kappa shape index (κ2) is 3.07. The smallest absolute Gasteiger partial charge is 0.202 e. The molecule has 11 heavy (non-hydrogen) atoms. The first-order valence-corrected chi connectivity index (χ1v) is 3.34. The lowest BCUT2D eigenvalue weighted by atomic mass is 10.4. The van der Waals surface area contributed by atoms with Gasteiger partial charge in [0.2, 0.25) is 5.78 Å². The zero-order valence-electron chi connectivity index (χ0n) is 6.59. The Morgan fingerprint density at radius 3 is 2.82 bits per heavy atom. The van der Waals surface area contributed by atoms with Crippen LogP contribution in [-0.2, 0) is 11.8 Å². The fourth-order valence-electron chi connectivity index (χ4n) is 0.743. The molecule has 0 saturated carbocycles. The van der Waals surface area contributed by atoms with Crippen molar-refractivity contribution in [3.63, 3.8) is 0 Å². The number of rotatable bonds is 0. The Kier molecular flexibility index (Phi) is 2.12. The third-order valence-corrected chi connectivity index (χ3v) is 1.31. The Bertz CT molecular complexity index is 325. The number of ketones is 1. The van der Waals surface area contributed by atoms with Crippen LogP contribution in [0.4, 0.5) is 0 Å². The van der Waals surface area contributed by atoms with E-state index in [9.17, 15) is 4.79 Å². The molecule has 0 N–H and O–H groups in total. The molecule has 0 aliphatic heterocycles. The third-order valence-electron chi connectivity index (χ3n) is 1.31. The summed E-state index contributed by atoms with van der Waals surface area (Å²) in [4.78, 5) is 10.5. The summed E-state index contributed by atoms with van der Waals surface area (Å²) in [6.45, 7) is 1.45. The molecule has 0 amide bonds. The second-order valence-electron chi connectivity index (χ2n) is 2.31. The van der Waals surface area contributed by atoms with Crippen LogP contribution < -0.4 is 0 Å². The van der Waals surface area contributed by atoms with Gasteiger partial charge in [-0.15, -0.1) is 0 Å². The summed E-state index contributed by atoms with van der Waals surface area (Å²) in [5, 5.41) is 0. The molecule has 1 rings (SSSR count). The van der Waals surface area contributed by atoms with Crippen LogP contribution in [0.15, 0.2) is 18.3 Å². The van der Waals surface area contributed by atoms with Gasteiger partial charge in [0.25, 0.3) is 0 Å². The molecule has 1 heterocycles. The van der Waals surface area contributed by atoms with Gasteiger partial charge in [0, 0.05) is 20.2 Å². The molecule has 1 aromatic rings. The predicted octanol–water partition coefficient (Wildman–Crippen LogP) is 0.966. The van der Waals surface area contributed by atoms with Crippen LogP contribution in [0, 0.1) is 11.8 Å². The van der Waals surface area contributed by atoms with Gasteiger partial charge in [0.15, 0.2) is 0 Å². The molecule has 0 atom stereocenters. The van der Waals surface area contributed by atoms with Crippen molar-refractivity contribution in [2.45, 2.75) is 6.92 Å². The van der Waals surface area contributed by atoms with Crippen LogP contribution >= 0.6 is 0 Å². The van der Waals surface area contributed by atoms with Crippen LogP contribution in [-0.4, -0.2) is 10.4 Å². The van der Waals surface area contributed by atoms with Crippen LogP contribution in [0.2, 0.25) is 0 Å². The number of hydrogen-bond donors (Lipinski definition) is 0. The van der Waals surface area contributed by atoms with E-state index in [1.165, 1.54) is 6.92 Å². The van der Waals surface area contributed by atoms with Crippen LogP contribution in [0.5, 0.6) is 0 Å². The van der Waals surface area contributed by atoms with Gasteiger partial charge >= 0.3 is 0 Å². The van der Waals surface area contributed by atoms with Crippen molar-refractivity contribution in [3.8, 4) is 11.8 Å². The summed E-state index contributed by atoms with van der Waals surface area (Å²) in [5.41, 5.74) is 0.861. The maximum atomic E-state index is 10.5. The molecule has 56 valence electrons. The molecule has 0 aliphatic carbocycles. The highest BCUT2D eigenvalue weighted by Crippen LogP contribution is 1.95. The monoisotopic (exact) mass is 147 g/mol. The van der Waals surface area contributed by atoms with Crippen molar-refractivity contribution >= 4 is 5.78 Å². The lowest BCUT2D eigenvalue weighted by Gasteiger charge is -1.90. The molecule has 2 heteroatoms. The highest BCUT2D eigenvalue weighted by molar-refractivity contribution is 5.93. The average Bonchev–Trinajstić information content (AvgIpc) is 2.31. The molecule has 0 fully saturated rings.